The van der Waals surface area contributed by atoms with Crippen molar-refractivity contribution in [3.63, 3.8) is 0 Å². The molecule has 0 amide bonds. The molecule has 0 spiro atoms. The van der Waals surface area contributed by atoms with Crippen LogP contribution in [0.5, 0.6) is 5.75 Å². The molecule has 0 aliphatic heterocycles. The van der Waals surface area contributed by atoms with Crippen molar-refractivity contribution in [3.8, 4) is 5.75 Å². The summed E-state index contributed by atoms with van der Waals surface area (Å²) in [6, 6.07) is 21.7. The third kappa shape index (κ3) is 2.88. The summed E-state index contributed by atoms with van der Waals surface area (Å²) in [5, 5.41) is 27.9. The Morgan fingerprint density at radius 1 is 0.696 bits per heavy atom. The fourth-order valence-electron chi connectivity index (χ4n) is 2.97. The normalized spacial score (nSPS) is 10.7. The van der Waals surface area contributed by atoms with E-state index >= 15 is 0 Å². The minimum Gasteiger partial charge on any atom is -0.860 e. The molecule has 3 nitrogen and oxygen atoms in total. The fourth-order valence-corrected chi connectivity index (χ4v) is 2.97. The van der Waals surface area contributed by atoms with Gasteiger partial charge >= 0.3 is 23.1 Å². The van der Waals surface area contributed by atoms with E-state index in [-0.39, 0.29) is 23.1 Å². The Labute approximate surface area is 149 Å². The van der Waals surface area contributed by atoms with Gasteiger partial charge < -0.3 is 14.7 Å². The Morgan fingerprint density at radius 2 is 1.35 bits per heavy atom. The minimum atomic E-state index is -2.33. The molecule has 5 heteroatoms. The average molecular weight is 310 g/mol. The second kappa shape index (κ2) is 6.37. The SMILES string of the molecule is [Mg+2].[O-]B([O-])Oc1cccc2ccc3cc4ccccc4cc3c12. The van der Waals surface area contributed by atoms with Crippen LogP contribution in [0.2, 0.25) is 0 Å². The summed E-state index contributed by atoms with van der Waals surface area (Å²) in [5.41, 5.74) is 0. The maximum atomic E-state index is 10.9. The Balaban J connectivity index is 0.00000156. The molecular weight excluding hydrogens is 299 g/mol. The van der Waals surface area contributed by atoms with Crippen LogP contribution in [0.1, 0.15) is 0 Å². The zero-order valence-electron chi connectivity index (χ0n) is 12.4. The van der Waals surface area contributed by atoms with Gasteiger partial charge in [0.25, 0.3) is 0 Å². The summed E-state index contributed by atoms with van der Waals surface area (Å²) in [6.07, 6.45) is 0. The Hall–Kier alpha value is -1.79. The zero-order valence-corrected chi connectivity index (χ0v) is 13.8. The van der Waals surface area contributed by atoms with E-state index in [1.54, 1.807) is 12.1 Å². The molecule has 0 heterocycles. The van der Waals surface area contributed by atoms with Crippen LogP contribution in [0.3, 0.4) is 0 Å². The van der Waals surface area contributed by atoms with Gasteiger partial charge in [-0.2, -0.15) is 0 Å². The van der Waals surface area contributed by atoms with Crippen LogP contribution in [0, 0.1) is 0 Å². The van der Waals surface area contributed by atoms with Gasteiger partial charge in [-0.05, 0) is 45.1 Å². The molecule has 4 rings (SSSR count). The van der Waals surface area contributed by atoms with Crippen LogP contribution in [0.4, 0.5) is 0 Å². The maximum absolute atomic E-state index is 10.9. The molecule has 23 heavy (non-hydrogen) atoms. The van der Waals surface area contributed by atoms with E-state index in [2.05, 4.69) is 18.2 Å². The van der Waals surface area contributed by atoms with Crippen molar-refractivity contribution in [1.29, 1.82) is 0 Å². The van der Waals surface area contributed by atoms with Crippen molar-refractivity contribution in [2.24, 2.45) is 0 Å². The van der Waals surface area contributed by atoms with Crippen molar-refractivity contribution in [3.05, 3.63) is 66.7 Å². The van der Waals surface area contributed by atoms with Crippen molar-refractivity contribution in [2.45, 2.75) is 0 Å². The number of hydrogen-bond acceptors (Lipinski definition) is 3. The Kier molecular flexibility index (Phi) is 4.46. The molecule has 4 aromatic rings. The van der Waals surface area contributed by atoms with Crippen molar-refractivity contribution >= 4 is 62.7 Å². The van der Waals surface area contributed by atoms with Gasteiger partial charge in [-0.25, -0.2) is 0 Å². The molecule has 0 aromatic heterocycles. The topological polar surface area (TPSA) is 55.3 Å². The monoisotopic (exact) mass is 310 g/mol. The minimum absolute atomic E-state index is 0. The van der Waals surface area contributed by atoms with Gasteiger partial charge in [-0.1, -0.05) is 48.5 Å². The molecule has 0 radical (unpaired) electrons. The van der Waals surface area contributed by atoms with E-state index in [1.807, 2.05) is 36.4 Å². The van der Waals surface area contributed by atoms with E-state index in [0.717, 1.165) is 32.3 Å². The number of benzene rings is 4. The molecule has 0 bridgehead atoms. The molecule has 0 aliphatic rings. The van der Waals surface area contributed by atoms with E-state index in [4.69, 9.17) is 4.65 Å². The molecule has 0 saturated carbocycles. The zero-order chi connectivity index (χ0) is 15.1. The first-order valence-corrected chi connectivity index (χ1v) is 7.05. The number of fused-ring (bicyclic) bond motifs is 4. The smallest absolute Gasteiger partial charge is 0.860 e. The van der Waals surface area contributed by atoms with Crippen LogP contribution >= 0.6 is 0 Å². The predicted octanol–water partition coefficient (Wildman–Crippen LogP) is 1.85. The van der Waals surface area contributed by atoms with Crippen molar-refractivity contribution < 1.29 is 14.7 Å². The molecule has 0 atom stereocenters. The van der Waals surface area contributed by atoms with Crippen molar-refractivity contribution in [2.75, 3.05) is 0 Å². The Morgan fingerprint density at radius 3 is 2.09 bits per heavy atom. The van der Waals surface area contributed by atoms with Crippen molar-refractivity contribution in [1.82, 2.24) is 0 Å². The van der Waals surface area contributed by atoms with E-state index in [9.17, 15) is 10.0 Å². The predicted molar refractivity (Wildman–Crippen MR) is 91.1 cm³/mol. The maximum Gasteiger partial charge on any atom is 2.00 e. The van der Waals surface area contributed by atoms with E-state index in [0.29, 0.717) is 5.75 Å². The molecule has 0 fully saturated rings. The van der Waals surface area contributed by atoms with Crippen LogP contribution in [0.15, 0.2) is 66.7 Å². The summed E-state index contributed by atoms with van der Waals surface area (Å²) in [6.45, 7) is 0. The summed E-state index contributed by atoms with van der Waals surface area (Å²) in [5.74, 6) is 0.341. The molecule has 106 valence electrons. The van der Waals surface area contributed by atoms with Gasteiger partial charge in [0.15, 0.2) is 0 Å². The van der Waals surface area contributed by atoms with E-state index < -0.39 is 7.32 Å². The van der Waals surface area contributed by atoms with Gasteiger partial charge in [-0.3, -0.25) is 0 Å². The second-order valence-electron chi connectivity index (χ2n) is 5.25. The largest absolute Gasteiger partial charge is 2.00 e. The van der Waals surface area contributed by atoms with Gasteiger partial charge in [0, 0.05) is 5.39 Å². The molecule has 0 aliphatic carbocycles. The first-order chi connectivity index (χ1) is 10.7. The van der Waals surface area contributed by atoms with Gasteiger partial charge in [-0.15, -0.1) is 0 Å². The standard InChI is InChI=1S/C18H11BO3.Mg/c20-19(21)22-17-7-3-6-12-8-9-15-10-13-4-1-2-5-14(13)11-16(15)18(12)17;/h1-11H;/q-2;+2. The average Bonchev–Trinajstić information content (AvgIpc) is 2.52. The van der Waals surface area contributed by atoms with Crippen LogP contribution in [0.25, 0.3) is 32.3 Å². The molecule has 4 aromatic carbocycles. The fraction of sp³-hybridized carbons (Fsp3) is 0. The second-order valence-corrected chi connectivity index (χ2v) is 5.25. The van der Waals surface area contributed by atoms with Gasteiger partial charge in [0.2, 0.25) is 0 Å². The molecule has 0 unspecified atom stereocenters. The summed E-state index contributed by atoms with van der Waals surface area (Å²) in [4.78, 5) is 0. The summed E-state index contributed by atoms with van der Waals surface area (Å²) >= 11 is 0. The number of hydrogen-bond donors (Lipinski definition) is 0. The molecule has 0 saturated heterocycles. The molecular formula is C18H11BMgO3. The third-order valence-corrected chi connectivity index (χ3v) is 3.91. The van der Waals surface area contributed by atoms with Gasteiger partial charge in [0.1, 0.15) is 13.1 Å². The quantitative estimate of drug-likeness (QED) is 0.322. The first kappa shape index (κ1) is 16.1. The third-order valence-electron chi connectivity index (χ3n) is 3.91. The summed E-state index contributed by atoms with van der Waals surface area (Å²) < 4.78 is 4.94. The first-order valence-electron chi connectivity index (χ1n) is 7.05. The Bertz CT molecular complexity index is 1000. The van der Waals surface area contributed by atoms with Crippen LogP contribution in [-0.2, 0) is 0 Å². The van der Waals surface area contributed by atoms with E-state index in [1.165, 1.54) is 0 Å². The summed E-state index contributed by atoms with van der Waals surface area (Å²) in [7, 11) is -2.33. The van der Waals surface area contributed by atoms with Crippen LogP contribution in [-0.4, -0.2) is 30.4 Å². The molecule has 0 N–H and O–H groups in total. The van der Waals surface area contributed by atoms with Crippen LogP contribution < -0.4 is 14.7 Å². The van der Waals surface area contributed by atoms with Gasteiger partial charge in [0.05, 0.1) is 0 Å². The number of rotatable bonds is 2.